The van der Waals surface area contributed by atoms with Gasteiger partial charge >= 0.3 is 0 Å². The van der Waals surface area contributed by atoms with Gasteiger partial charge in [0.1, 0.15) is 5.82 Å². The molecule has 5 nitrogen and oxygen atoms in total. The number of aromatic nitrogens is 1. The number of unbranched alkanes of at least 4 members (excludes halogenated alkanes) is 1. The molecule has 39 heavy (non-hydrogen) atoms. The van der Waals surface area contributed by atoms with Gasteiger partial charge in [-0.05, 0) is 104 Å². The van der Waals surface area contributed by atoms with Crippen LogP contribution in [0.1, 0.15) is 96.6 Å². The second-order valence-electron chi connectivity index (χ2n) is 13.8. The Bertz CT molecular complexity index is 1110. The van der Waals surface area contributed by atoms with Crippen molar-refractivity contribution in [3.05, 3.63) is 47.5 Å². The molecule has 1 aromatic carbocycles. The van der Waals surface area contributed by atoms with Gasteiger partial charge < -0.3 is 15.1 Å². The Kier molecular flexibility index (Phi) is 8.71. The highest BCUT2D eigenvalue weighted by atomic mass is 16.3. The number of benzene rings is 1. The van der Waals surface area contributed by atoms with Crippen LogP contribution in [0.4, 0.5) is 5.82 Å². The monoisotopic (exact) mass is 533 g/mol. The quantitative estimate of drug-likeness (QED) is 0.370. The van der Waals surface area contributed by atoms with E-state index in [0.717, 1.165) is 82.6 Å². The van der Waals surface area contributed by atoms with E-state index in [2.05, 4.69) is 73.9 Å². The van der Waals surface area contributed by atoms with Crippen LogP contribution in [0.15, 0.2) is 36.4 Å². The zero-order valence-corrected chi connectivity index (χ0v) is 24.8. The SMILES string of the molecule is CC1(C)CCC(C)(C)c2cc(-c3cccc(N4CCC(N(CCCCO)C[C@H]5CCC[C@@H]5O)CC4)n3)ccc21. The summed E-state index contributed by atoms with van der Waals surface area (Å²) in [5, 5.41) is 19.8. The first-order valence-corrected chi connectivity index (χ1v) is 15.6. The molecule has 5 heteroatoms. The number of hydrogen-bond donors (Lipinski definition) is 2. The summed E-state index contributed by atoms with van der Waals surface area (Å²) in [7, 11) is 0. The normalized spacial score (nSPS) is 24.7. The van der Waals surface area contributed by atoms with Crippen LogP contribution in [0.5, 0.6) is 0 Å². The van der Waals surface area contributed by atoms with Gasteiger partial charge in [0.05, 0.1) is 11.8 Å². The number of piperidine rings is 1. The fourth-order valence-electron chi connectivity index (χ4n) is 7.35. The van der Waals surface area contributed by atoms with Gasteiger partial charge in [-0.2, -0.15) is 0 Å². The van der Waals surface area contributed by atoms with Crippen molar-refractivity contribution in [1.29, 1.82) is 0 Å². The van der Waals surface area contributed by atoms with Crippen LogP contribution in [0.25, 0.3) is 11.3 Å². The number of fused-ring (bicyclic) bond motifs is 1. The number of anilines is 1. The molecule has 2 atom stereocenters. The van der Waals surface area contributed by atoms with Crippen molar-refractivity contribution in [2.24, 2.45) is 5.92 Å². The highest BCUT2D eigenvalue weighted by molar-refractivity contribution is 5.65. The minimum Gasteiger partial charge on any atom is -0.396 e. The number of aliphatic hydroxyl groups is 2. The molecule has 2 aliphatic carbocycles. The van der Waals surface area contributed by atoms with Crippen molar-refractivity contribution in [2.75, 3.05) is 37.7 Å². The Labute approximate surface area is 236 Å². The Morgan fingerprint density at radius 1 is 0.923 bits per heavy atom. The lowest BCUT2D eigenvalue weighted by Gasteiger charge is -2.42. The third kappa shape index (κ3) is 6.36. The summed E-state index contributed by atoms with van der Waals surface area (Å²) in [6.07, 6.45) is 9.68. The summed E-state index contributed by atoms with van der Waals surface area (Å²) < 4.78 is 0. The molecule has 0 amide bonds. The van der Waals surface area contributed by atoms with Crippen molar-refractivity contribution < 1.29 is 10.2 Å². The average molecular weight is 534 g/mol. The molecule has 2 aromatic rings. The molecule has 0 bridgehead atoms. The smallest absolute Gasteiger partial charge is 0.129 e. The molecule has 1 saturated carbocycles. The largest absolute Gasteiger partial charge is 0.396 e. The van der Waals surface area contributed by atoms with Gasteiger partial charge in [-0.3, -0.25) is 4.90 Å². The van der Waals surface area contributed by atoms with E-state index in [1.807, 2.05) is 0 Å². The molecular formula is C34H51N3O2. The van der Waals surface area contributed by atoms with Gasteiger partial charge in [0.25, 0.3) is 0 Å². The minimum atomic E-state index is -0.141. The molecule has 1 aliphatic heterocycles. The van der Waals surface area contributed by atoms with Crippen LogP contribution in [0.3, 0.4) is 0 Å². The minimum absolute atomic E-state index is 0.141. The maximum Gasteiger partial charge on any atom is 0.129 e. The Morgan fingerprint density at radius 2 is 1.67 bits per heavy atom. The number of nitrogens with zero attached hydrogens (tertiary/aromatic N) is 3. The maximum absolute atomic E-state index is 10.5. The molecule has 0 unspecified atom stereocenters. The first-order valence-electron chi connectivity index (χ1n) is 15.6. The molecule has 1 saturated heterocycles. The average Bonchev–Trinajstić information content (AvgIpc) is 3.35. The van der Waals surface area contributed by atoms with E-state index < -0.39 is 0 Å². The zero-order chi connectivity index (χ0) is 27.6. The topological polar surface area (TPSA) is 59.8 Å². The standard InChI is InChI=1S/C34H51N3O2/c1-33(2)17-18-34(3,4)29-23-25(13-14-28(29)33)30-10-8-12-32(35-30)36-20-15-27(16-21-36)37(19-5-6-22-38)24-26-9-7-11-31(26)39/h8,10,12-14,23,26-27,31,38-39H,5-7,9,11,15-22,24H2,1-4H3/t26-,31+/m1/s1. The fourth-order valence-corrected chi connectivity index (χ4v) is 7.35. The van der Waals surface area contributed by atoms with E-state index in [1.165, 1.54) is 29.5 Å². The number of hydrogen-bond acceptors (Lipinski definition) is 5. The van der Waals surface area contributed by atoms with Gasteiger partial charge in [-0.15, -0.1) is 0 Å². The lowest BCUT2D eigenvalue weighted by molar-refractivity contribution is 0.0761. The van der Waals surface area contributed by atoms with Crippen molar-refractivity contribution in [2.45, 2.75) is 108 Å². The second-order valence-corrected chi connectivity index (χ2v) is 13.8. The first kappa shape index (κ1) is 28.6. The van der Waals surface area contributed by atoms with E-state index >= 15 is 0 Å². The van der Waals surface area contributed by atoms with Crippen LogP contribution in [0.2, 0.25) is 0 Å². The molecule has 1 aromatic heterocycles. The van der Waals surface area contributed by atoms with Crippen LogP contribution in [-0.4, -0.2) is 65.0 Å². The van der Waals surface area contributed by atoms with Gasteiger partial charge in [0.2, 0.25) is 0 Å². The fraction of sp³-hybridized carbons (Fsp3) is 0.676. The molecule has 214 valence electrons. The summed E-state index contributed by atoms with van der Waals surface area (Å²) in [5.74, 6) is 1.49. The molecule has 2 N–H and O–H groups in total. The van der Waals surface area contributed by atoms with Crippen LogP contribution in [0, 0.1) is 5.92 Å². The van der Waals surface area contributed by atoms with E-state index in [0.29, 0.717) is 12.0 Å². The van der Waals surface area contributed by atoms with Crippen LogP contribution in [-0.2, 0) is 10.8 Å². The summed E-state index contributed by atoms with van der Waals surface area (Å²) in [4.78, 5) is 10.3. The number of pyridine rings is 1. The zero-order valence-electron chi connectivity index (χ0n) is 24.8. The van der Waals surface area contributed by atoms with Gasteiger partial charge in [0, 0.05) is 37.8 Å². The molecular weight excluding hydrogens is 482 g/mol. The lowest BCUT2D eigenvalue weighted by atomic mass is 9.63. The van der Waals surface area contributed by atoms with Crippen molar-refractivity contribution in [3.63, 3.8) is 0 Å². The predicted molar refractivity (Wildman–Crippen MR) is 161 cm³/mol. The highest BCUT2D eigenvalue weighted by Gasteiger charge is 2.37. The second kappa shape index (κ2) is 11.9. The predicted octanol–water partition coefficient (Wildman–Crippen LogP) is 6.30. The molecule has 0 spiro atoms. The third-order valence-electron chi connectivity index (χ3n) is 10.1. The Hall–Kier alpha value is -1.95. The van der Waals surface area contributed by atoms with E-state index in [1.54, 1.807) is 0 Å². The lowest BCUT2D eigenvalue weighted by Crippen LogP contribution is -2.47. The van der Waals surface area contributed by atoms with Gasteiger partial charge in [-0.25, -0.2) is 4.98 Å². The molecule has 2 heterocycles. The van der Waals surface area contributed by atoms with Crippen LogP contribution >= 0.6 is 0 Å². The first-order chi connectivity index (χ1) is 18.7. The number of rotatable bonds is 9. The van der Waals surface area contributed by atoms with E-state index in [9.17, 15) is 10.2 Å². The Balaban J connectivity index is 1.28. The van der Waals surface area contributed by atoms with Crippen molar-refractivity contribution in [3.8, 4) is 11.3 Å². The maximum atomic E-state index is 10.5. The van der Waals surface area contributed by atoms with Gasteiger partial charge in [0.15, 0.2) is 0 Å². The van der Waals surface area contributed by atoms with Crippen molar-refractivity contribution >= 4 is 5.82 Å². The molecule has 0 radical (unpaired) electrons. The summed E-state index contributed by atoms with van der Waals surface area (Å²) >= 11 is 0. The van der Waals surface area contributed by atoms with Gasteiger partial charge in [-0.1, -0.05) is 52.3 Å². The Morgan fingerprint density at radius 3 is 2.36 bits per heavy atom. The van der Waals surface area contributed by atoms with E-state index in [4.69, 9.17) is 4.98 Å². The summed E-state index contributed by atoms with van der Waals surface area (Å²) in [6.45, 7) is 13.8. The third-order valence-corrected chi connectivity index (χ3v) is 10.1. The van der Waals surface area contributed by atoms with E-state index in [-0.39, 0.29) is 23.5 Å². The van der Waals surface area contributed by atoms with Crippen LogP contribution < -0.4 is 4.90 Å². The number of aliphatic hydroxyl groups excluding tert-OH is 2. The summed E-state index contributed by atoms with van der Waals surface area (Å²) in [6, 6.07) is 14.1. The van der Waals surface area contributed by atoms with Crippen molar-refractivity contribution in [1.82, 2.24) is 9.88 Å². The molecule has 2 fully saturated rings. The molecule has 3 aliphatic rings. The molecule has 5 rings (SSSR count). The summed E-state index contributed by atoms with van der Waals surface area (Å²) in [5.41, 5.74) is 5.69. The highest BCUT2D eigenvalue weighted by Crippen LogP contribution is 2.46.